The number of anilines is 2. The Balaban J connectivity index is 2.29. The number of aromatic carboxylic acids is 1. The lowest BCUT2D eigenvalue weighted by atomic mass is 10.1. The van der Waals surface area contributed by atoms with Crippen LogP contribution in [0, 0.1) is 20.8 Å². The molecule has 0 fully saturated rings. The molecule has 0 aliphatic carbocycles. The second-order valence-corrected chi connectivity index (χ2v) is 4.44. The van der Waals surface area contributed by atoms with Crippen molar-refractivity contribution in [3.8, 4) is 0 Å². The van der Waals surface area contributed by atoms with Crippen molar-refractivity contribution in [1.29, 1.82) is 0 Å². The molecule has 98 valence electrons. The van der Waals surface area contributed by atoms with E-state index in [1.165, 1.54) is 11.8 Å². The van der Waals surface area contributed by atoms with E-state index in [2.05, 4.69) is 21.4 Å². The molecule has 2 rings (SSSR count). The first kappa shape index (κ1) is 13.0. The molecule has 0 bridgehead atoms. The van der Waals surface area contributed by atoms with Gasteiger partial charge < -0.3 is 10.4 Å². The Hall–Kier alpha value is -2.43. The van der Waals surface area contributed by atoms with Crippen molar-refractivity contribution in [2.75, 3.05) is 5.32 Å². The molecule has 2 aromatic rings. The van der Waals surface area contributed by atoms with E-state index in [1.807, 2.05) is 26.0 Å². The SMILES string of the molecule is Cc1ccc(Nc2ncc(C(=O)O)c(C)n2)c(C)c1. The molecule has 0 amide bonds. The summed E-state index contributed by atoms with van der Waals surface area (Å²) >= 11 is 0. The molecular formula is C14H15N3O2. The molecule has 5 heteroatoms. The quantitative estimate of drug-likeness (QED) is 0.884. The van der Waals surface area contributed by atoms with Crippen LogP contribution in [0.1, 0.15) is 27.2 Å². The minimum atomic E-state index is -1.02. The maximum absolute atomic E-state index is 10.9. The molecule has 5 nitrogen and oxygen atoms in total. The summed E-state index contributed by atoms with van der Waals surface area (Å²) in [6.45, 7) is 5.67. The van der Waals surface area contributed by atoms with Gasteiger partial charge in [0.15, 0.2) is 0 Å². The van der Waals surface area contributed by atoms with Crippen molar-refractivity contribution in [3.63, 3.8) is 0 Å². The van der Waals surface area contributed by atoms with Gasteiger partial charge in [0.25, 0.3) is 0 Å². The number of carbonyl (C=O) groups is 1. The van der Waals surface area contributed by atoms with Crippen molar-refractivity contribution in [2.45, 2.75) is 20.8 Å². The average Bonchev–Trinajstić information content (AvgIpc) is 2.32. The molecule has 0 saturated heterocycles. The second-order valence-electron chi connectivity index (χ2n) is 4.44. The Bertz CT molecular complexity index is 639. The third-order valence-electron chi connectivity index (χ3n) is 2.84. The topological polar surface area (TPSA) is 75.1 Å². The number of aryl methyl sites for hydroxylation is 3. The van der Waals surface area contributed by atoms with Crippen molar-refractivity contribution in [1.82, 2.24) is 9.97 Å². The van der Waals surface area contributed by atoms with Crippen LogP contribution in [0.15, 0.2) is 24.4 Å². The Morgan fingerprint density at radius 2 is 2.00 bits per heavy atom. The Morgan fingerprint density at radius 1 is 1.26 bits per heavy atom. The van der Waals surface area contributed by atoms with Crippen LogP contribution >= 0.6 is 0 Å². The fourth-order valence-electron chi connectivity index (χ4n) is 1.81. The lowest BCUT2D eigenvalue weighted by molar-refractivity contribution is 0.0695. The molecule has 1 aromatic heterocycles. The van der Waals surface area contributed by atoms with Gasteiger partial charge in [0, 0.05) is 11.9 Å². The maximum atomic E-state index is 10.9. The molecular weight excluding hydrogens is 242 g/mol. The predicted molar refractivity (Wildman–Crippen MR) is 72.9 cm³/mol. The minimum absolute atomic E-state index is 0.117. The number of carboxylic acids is 1. The zero-order valence-corrected chi connectivity index (χ0v) is 11.1. The third-order valence-corrected chi connectivity index (χ3v) is 2.84. The summed E-state index contributed by atoms with van der Waals surface area (Å²) in [6, 6.07) is 6.00. The van der Waals surface area contributed by atoms with Crippen LogP contribution in [0.5, 0.6) is 0 Å². The molecule has 0 radical (unpaired) electrons. The Kier molecular flexibility index (Phi) is 3.46. The van der Waals surface area contributed by atoms with E-state index in [1.54, 1.807) is 6.92 Å². The van der Waals surface area contributed by atoms with Crippen LogP contribution in [0.4, 0.5) is 11.6 Å². The second kappa shape index (κ2) is 5.06. The highest BCUT2D eigenvalue weighted by Gasteiger charge is 2.10. The zero-order valence-electron chi connectivity index (χ0n) is 11.1. The number of aromatic nitrogens is 2. The number of hydrogen-bond donors (Lipinski definition) is 2. The van der Waals surface area contributed by atoms with Crippen molar-refractivity contribution in [3.05, 3.63) is 46.8 Å². The van der Waals surface area contributed by atoms with Crippen LogP contribution in [-0.4, -0.2) is 21.0 Å². The first-order chi connectivity index (χ1) is 8.97. The van der Waals surface area contributed by atoms with Gasteiger partial charge in [-0.3, -0.25) is 0 Å². The van der Waals surface area contributed by atoms with Gasteiger partial charge in [-0.25, -0.2) is 14.8 Å². The Labute approximate surface area is 111 Å². The highest BCUT2D eigenvalue weighted by Crippen LogP contribution is 2.19. The van der Waals surface area contributed by atoms with Crippen LogP contribution < -0.4 is 5.32 Å². The first-order valence-electron chi connectivity index (χ1n) is 5.88. The lowest BCUT2D eigenvalue weighted by Gasteiger charge is -2.09. The number of hydrogen-bond acceptors (Lipinski definition) is 4. The molecule has 0 unspecified atom stereocenters. The fraction of sp³-hybridized carbons (Fsp3) is 0.214. The smallest absolute Gasteiger partial charge is 0.339 e. The van der Waals surface area contributed by atoms with Gasteiger partial charge in [0.05, 0.1) is 11.3 Å². The fourth-order valence-corrected chi connectivity index (χ4v) is 1.81. The summed E-state index contributed by atoms with van der Waals surface area (Å²) in [5.41, 5.74) is 3.74. The van der Waals surface area contributed by atoms with Gasteiger partial charge in [-0.05, 0) is 32.4 Å². The summed E-state index contributed by atoms with van der Waals surface area (Å²) in [5, 5.41) is 12.0. The number of rotatable bonds is 3. The number of carboxylic acid groups (broad SMARTS) is 1. The monoisotopic (exact) mass is 257 g/mol. The van der Waals surface area contributed by atoms with Gasteiger partial charge in [-0.1, -0.05) is 17.7 Å². The molecule has 0 spiro atoms. The molecule has 0 atom stereocenters. The van der Waals surface area contributed by atoms with Gasteiger partial charge in [-0.2, -0.15) is 0 Å². The predicted octanol–water partition coefficient (Wildman–Crippen LogP) is 2.84. The number of benzene rings is 1. The average molecular weight is 257 g/mol. The third kappa shape index (κ3) is 2.88. The van der Waals surface area contributed by atoms with E-state index in [0.29, 0.717) is 11.6 Å². The summed E-state index contributed by atoms with van der Waals surface area (Å²) in [4.78, 5) is 19.0. The molecule has 1 heterocycles. The molecule has 0 saturated carbocycles. The maximum Gasteiger partial charge on any atom is 0.339 e. The van der Waals surface area contributed by atoms with Gasteiger partial charge in [-0.15, -0.1) is 0 Å². The molecule has 2 N–H and O–H groups in total. The standard InChI is InChI=1S/C14H15N3O2/c1-8-4-5-12(9(2)6-8)17-14-15-7-11(13(18)19)10(3)16-14/h4-7H,1-3H3,(H,18,19)(H,15,16,17). The lowest BCUT2D eigenvalue weighted by Crippen LogP contribution is -2.06. The number of nitrogens with one attached hydrogen (secondary N) is 1. The Morgan fingerprint density at radius 3 is 2.58 bits per heavy atom. The van der Waals surface area contributed by atoms with Crippen molar-refractivity contribution >= 4 is 17.6 Å². The first-order valence-corrected chi connectivity index (χ1v) is 5.88. The van der Waals surface area contributed by atoms with Crippen LogP contribution in [0.25, 0.3) is 0 Å². The normalized spacial score (nSPS) is 10.3. The molecule has 0 aliphatic heterocycles. The van der Waals surface area contributed by atoms with E-state index in [4.69, 9.17) is 5.11 Å². The van der Waals surface area contributed by atoms with E-state index in [9.17, 15) is 4.79 Å². The van der Waals surface area contributed by atoms with E-state index >= 15 is 0 Å². The minimum Gasteiger partial charge on any atom is -0.478 e. The summed E-state index contributed by atoms with van der Waals surface area (Å²) in [5.74, 6) is -0.620. The summed E-state index contributed by atoms with van der Waals surface area (Å²) in [6.07, 6.45) is 1.32. The molecule has 0 aliphatic rings. The number of nitrogens with zero attached hydrogens (tertiary/aromatic N) is 2. The summed E-state index contributed by atoms with van der Waals surface area (Å²) in [7, 11) is 0. The van der Waals surface area contributed by atoms with E-state index in [0.717, 1.165) is 11.3 Å². The van der Waals surface area contributed by atoms with Gasteiger partial charge >= 0.3 is 5.97 Å². The van der Waals surface area contributed by atoms with Crippen LogP contribution in [-0.2, 0) is 0 Å². The highest BCUT2D eigenvalue weighted by molar-refractivity contribution is 5.88. The van der Waals surface area contributed by atoms with Gasteiger partial charge in [0.1, 0.15) is 0 Å². The van der Waals surface area contributed by atoms with Gasteiger partial charge in [0.2, 0.25) is 5.95 Å². The van der Waals surface area contributed by atoms with Crippen molar-refractivity contribution < 1.29 is 9.90 Å². The highest BCUT2D eigenvalue weighted by atomic mass is 16.4. The van der Waals surface area contributed by atoms with E-state index in [-0.39, 0.29) is 5.56 Å². The van der Waals surface area contributed by atoms with Crippen LogP contribution in [0.3, 0.4) is 0 Å². The van der Waals surface area contributed by atoms with Crippen molar-refractivity contribution in [2.24, 2.45) is 0 Å². The molecule has 1 aromatic carbocycles. The summed E-state index contributed by atoms with van der Waals surface area (Å²) < 4.78 is 0. The van der Waals surface area contributed by atoms with E-state index < -0.39 is 5.97 Å². The largest absolute Gasteiger partial charge is 0.478 e. The van der Waals surface area contributed by atoms with Crippen LogP contribution in [0.2, 0.25) is 0 Å². The zero-order chi connectivity index (χ0) is 14.0. The molecule has 19 heavy (non-hydrogen) atoms.